The maximum absolute atomic E-state index is 12.5. The fraction of sp³-hybridized carbons (Fsp3) is 0.235. The number of rotatable bonds is 6. The van der Waals surface area contributed by atoms with Crippen LogP contribution in [-0.2, 0) is 23.1 Å². The molecule has 0 unspecified atom stereocenters. The van der Waals surface area contributed by atoms with E-state index in [9.17, 15) is 13.2 Å². The monoisotopic (exact) mass is 358 g/mol. The lowest BCUT2D eigenvalue weighted by Gasteiger charge is -2.20. The summed E-state index contributed by atoms with van der Waals surface area (Å²) < 4.78 is 26.9. The Balaban J connectivity index is 1.82. The van der Waals surface area contributed by atoms with Gasteiger partial charge in [-0.2, -0.15) is 4.31 Å². The van der Waals surface area contributed by atoms with Crippen molar-refractivity contribution in [2.45, 2.75) is 13.1 Å². The van der Waals surface area contributed by atoms with Gasteiger partial charge in [-0.25, -0.2) is 13.4 Å². The molecular weight excluding hydrogens is 340 g/mol. The van der Waals surface area contributed by atoms with Crippen LogP contribution in [0.3, 0.4) is 0 Å². The standard InChI is InChI=1S/C17H18N4O3S/c1-25(23,24)21(12-14-5-3-2-4-6-14)10-9-20-13-19-16-11-18-8-7-15(16)17(20)22/h2-8,11,13H,9-10,12H2,1H3. The van der Waals surface area contributed by atoms with Crippen molar-refractivity contribution in [3.8, 4) is 0 Å². The van der Waals surface area contributed by atoms with Crippen LogP contribution in [0.4, 0.5) is 0 Å². The predicted molar refractivity (Wildman–Crippen MR) is 95.5 cm³/mol. The minimum atomic E-state index is -3.40. The normalized spacial score (nSPS) is 11.9. The van der Waals surface area contributed by atoms with Crippen molar-refractivity contribution < 1.29 is 8.42 Å². The molecule has 0 saturated carbocycles. The molecule has 0 fully saturated rings. The number of nitrogens with zero attached hydrogens (tertiary/aromatic N) is 4. The fourth-order valence-electron chi connectivity index (χ4n) is 2.54. The van der Waals surface area contributed by atoms with Crippen molar-refractivity contribution >= 4 is 20.9 Å². The summed E-state index contributed by atoms with van der Waals surface area (Å²) >= 11 is 0. The van der Waals surface area contributed by atoms with E-state index in [0.717, 1.165) is 5.56 Å². The third-order valence-corrected chi connectivity index (χ3v) is 5.14. The van der Waals surface area contributed by atoms with Crippen LogP contribution < -0.4 is 5.56 Å². The summed E-state index contributed by atoms with van der Waals surface area (Å²) in [6.07, 6.45) is 5.66. The molecule has 25 heavy (non-hydrogen) atoms. The molecule has 8 heteroatoms. The Labute approximate surface area is 145 Å². The van der Waals surface area contributed by atoms with Crippen molar-refractivity contribution in [1.82, 2.24) is 18.8 Å². The van der Waals surface area contributed by atoms with Crippen molar-refractivity contribution in [3.05, 3.63) is 71.0 Å². The van der Waals surface area contributed by atoms with Crippen LogP contribution in [0.2, 0.25) is 0 Å². The van der Waals surface area contributed by atoms with Gasteiger partial charge < -0.3 is 0 Å². The number of benzene rings is 1. The number of hydrogen-bond acceptors (Lipinski definition) is 5. The lowest BCUT2D eigenvalue weighted by atomic mass is 10.2. The van der Waals surface area contributed by atoms with Crippen LogP contribution in [0.15, 0.2) is 59.9 Å². The van der Waals surface area contributed by atoms with Crippen molar-refractivity contribution in [2.24, 2.45) is 0 Å². The molecule has 3 rings (SSSR count). The first-order chi connectivity index (χ1) is 11.9. The van der Waals surface area contributed by atoms with Gasteiger partial charge in [-0.15, -0.1) is 0 Å². The Morgan fingerprint density at radius 3 is 2.64 bits per heavy atom. The lowest BCUT2D eigenvalue weighted by Crippen LogP contribution is -2.34. The van der Waals surface area contributed by atoms with Crippen molar-refractivity contribution in [2.75, 3.05) is 12.8 Å². The van der Waals surface area contributed by atoms with Crippen LogP contribution >= 0.6 is 0 Å². The van der Waals surface area contributed by atoms with Gasteiger partial charge >= 0.3 is 0 Å². The highest BCUT2D eigenvalue weighted by atomic mass is 32.2. The number of pyridine rings is 1. The first-order valence-corrected chi connectivity index (χ1v) is 9.58. The average Bonchev–Trinajstić information content (AvgIpc) is 2.60. The van der Waals surface area contributed by atoms with E-state index in [-0.39, 0.29) is 25.2 Å². The maximum atomic E-state index is 12.5. The third kappa shape index (κ3) is 4.09. The van der Waals surface area contributed by atoms with E-state index < -0.39 is 10.0 Å². The second kappa shape index (κ2) is 7.12. The van der Waals surface area contributed by atoms with Crippen LogP contribution in [0.25, 0.3) is 10.9 Å². The van der Waals surface area contributed by atoms with E-state index in [1.54, 1.807) is 6.07 Å². The van der Waals surface area contributed by atoms with Gasteiger partial charge in [0.2, 0.25) is 10.0 Å². The summed E-state index contributed by atoms with van der Waals surface area (Å²) in [5.74, 6) is 0. The molecule has 1 aromatic carbocycles. The van der Waals surface area contributed by atoms with Crippen LogP contribution in [0.1, 0.15) is 5.56 Å². The summed E-state index contributed by atoms with van der Waals surface area (Å²) in [4.78, 5) is 20.6. The minimum Gasteiger partial charge on any atom is -0.297 e. The van der Waals surface area contributed by atoms with Gasteiger partial charge in [0, 0.05) is 25.8 Å². The average molecular weight is 358 g/mol. The molecule has 0 bridgehead atoms. The molecule has 0 aliphatic rings. The molecule has 0 spiro atoms. The molecule has 2 heterocycles. The molecule has 0 saturated heterocycles. The van der Waals surface area contributed by atoms with Crippen molar-refractivity contribution in [1.29, 1.82) is 0 Å². The zero-order valence-corrected chi connectivity index (χ0v) is 14.6. The van der Waals surface area contributed by atoms with Gasteiger partial charge in [0.25, 0.3) is 5.56 Å². The molecule has 3 aromatic rings. The zero-order valence-electron chi connectivity index (χ0n) is 13.7. The Kier molecular flexibility index (Phi) is 4.91. The Morgan fingerprint density at radius 2 is 1.92 bits per heavy atom. The zero-order chi connectivity index (χ0) is 17.9. The number of aromatic nitrogens is 3. The lowest BCUT2D eigenvalue weighted by molar-refractivity contribution is 0.387. The summed E-state index contributed by atoms with van der Waals surface area (Å²) in [6, 6.07) is 11.0. The molecule has 2 aromatic heterocycles. The quantitative estimate of drug-likeness (QED) is 0.662. The summed E-state index contributed by atoms with van der Waals surface area (Å²) in [7, 11) is -3.40. The third-order valence-electron chi connectivity index (χ3n) is 3.89. The van der Waals surface area contributed by atoms with Crippen LogP contribution in [0.5, 0.6) is 0 Å². The van der Waals surface area contributed by atoms with E-state index in [2.05, 4.69) is 9.97 Å². The molecule has 130 valence electrons. The molecule has 0 N–H and O–H groups in total. The fourth-order valence-corrected chi connectivity index (χ4v) is 3.33. The van der Waals surface area contributed by atoms with Gasteiger partial charge in [-0.1, -0.05) is 30.3 Å². The molecule has 7 nitrogen and oxygen atoms in total. The molecular formula is C17H18N4O3S. The van der Waals surface area contributed by atoms with Crippen molar-refractivity contribution in [3.63, 3.8) is 0 Å². The molecule has 0 radical (unpaired) electrons. The highest BCUT2D eigenvalue weighted by Gasteiger charge is 2.17. The second-order valence-electron chi connectivity index (χ2n) is 5.72. The van der Waals surface area contributed by atoms with Gasteiger partial charge in [0.05, 0.1) is 29.7 Å². The Hall–Kier alpha value is -2.58. The Morgan fingerprint density at radius 1 is 1.16 bits per heavy atom. The predicted octanol–water partition coefficient (Wildman–Crippen LogP) is 1.25. The summed E-state index contributed by atoms with van der Waals surface area (Å²) in [6.45, 7) is 0.676. The number of fused-ring (bicyclic) bond motifs is 1. The van der Waals surface area contributed by atoms with E-state index in [0.29, 0.717) is 10.9 Å². The van der Waals surface area contributed by atoms with Gasteiger partial charge in [-0.3, -0.25) is 14.3 Å². The molecule has 0 aliphatic heterocycles. The van der Waals surface area contributed by atoms with Crippen LogP contribution in [0, 0.1) is 0 Å². The van der Waals surface area contributed by atoms with Crippen LogP contribution in [-0.4, -0.2) is 40.1 Å². The minimum absolute atomic E-state index is 0.186. The largest absolute Gasteiger partial charge is 0.297 e. The van der Waals surface area contributed by atoms with E-state index >= 15 is 0 Å². The summed E-state index contributed by atoms with van der Waals surface area (Å²) in [5.41, 5.74) is 1.21. The summed E-state index contributed by atoms with van der Waals surface area (Å²) in [5, 5.41) is 0.464. The first-order valence-electron chi connectivity index (χ1n) is 7.73. The van der Waals surface area contributed by atoms with Gasteiger partial charge in [-0.05, 0) is 11.6 Å². The SMILES string of the molecule is CS(=O)(=O)N(CCn1cnc2cnccc2c1=O)Cc1ccccc1. The van der Waals surface area contributed by atoms with E-state index in [1.165, 1.54) is 33.8 Å². The first kappa shape index (κ1) is 17.2. The molecule has 0 atom stereocenters. The molecule has 0 amide bonds. The topological polar surface area (TPSA) is 85.2 Å². The van der Waals surface area contributed by atoms with E-state index in [4.69, 9.17) is 0 Å². The highest BCUT2D eigenvalue weighted by molar-refractivity contribution is 7.88. The number of hydrogen-bond donors (Lipinski definition) is 0. The van der Waals surface area contributed by atoms with E-state index in [1.807, 2.05) is 30.3 Å². The smallest absolute Gasteiger partial charge is 0.261 e. The number of sulfonamides is 1. The second-order valence-corrected chi connectivity index (χ2v) is 7.70. The molecule has 0 aliphatic carbocycles. The highest BCUT2D eigenvalue weighted by Crippen LogP contribution is 2.09. The Bertz CT molecular complexity index is 1030. The maximum Gasteiger partial charge on any atom is 0.261 e. The van der Waals surface area contributed by atoms with Gasteiger partial charge in [0.1, 0.15) is 0 Å². The van der Waals surface area contributed by atoms with Gasteiger partial charge in [0.15, 0.2) is 0 Å².